The van der Waals surface area contributed by atoms with E-state index >= 15 is 0 Å². The summed E-state index contributed by atoms with van der Waals surface area (Å²) in [6.45, 7) is 9.30. The number of carbonyl (C=O) groups excluding carboxylic acids is 2. The molecule has 0 saturated heterocycles. The maximum Gasteiger partial charge on any atom is 0.318 e. The molecule has 2 rings (SSSR count). The van der Waals surface area contributed by atoms with E-state index in [9.17, 15) is 9.59 Å². The number of carbonyl (C=O) groups is 2. The van der Waals surface area contributed by atoms with Crippen molar-refractivity contribution in [1.82, 2.24) is 0 Å². The number of hydrogen-bond acceptors (Lipinski definition) is 3. The van der Waals surface area contributed by atoms with Crippen LogP contribution in [0.2, 0.25) is 0 Å². The molecular formula is C17H22O3. The van der Waals surface area contributed by atoms with Crippen LogP contribution >= 0.6 is 0 Å². The molecule has 20 heavy (non-hydrogen) atoms. The summed E-state index contributed by atoms with van der Waals surface area (Å²) in [7, 11) is 0. The summed E-state index contributed by atoms with van der Waals surface area (Å²) in [5.74, 6) is -0.372. The molecule has 108 valence electrons. The highest BCUT2D eigenvalue weighted by molar-refractivity contribution is 5.96. The van der Waals surface area contributed by atoms with Gasteiger partial charge in [0.1, 0.15) is 17.3 Å². The lowest BCUT2D eigenvalue weighted by Crippen LogP contribution is -2.36. The SMILES string of the molecule is C[C@H]1[C@](C)(C=O)[C@]1(C(=O)OC(C)(C)C)c1ccccc1. The van der Waals surface area contributed by atoms with Gasteiger partial charge in [0.25, 0.3) is 0 Å². The second kappa shape index (κ2) is 4.44. The fourth-order valence-corrected chi connectivity index (χ4v) is 3.20. The Balaban J connectivity index is 2.49. The van der Waals surface area contributed by atoms with Crippen LogP contribution < -0.4 is 0 Å². The second-order valence-corrected chi connectivity index (χ2v) is 6.80. The largest absolute Gasteiger partial charge is 0.459 e. The Hall–Kier alpha value is -1.64. The highest BCUT2D eigenvalue weighted by Gasteiger charge is 2.78. The van der Waals surface area contributed by atoms with Gasteiger partial charge in [-0.15, -0.1) is 0 Å². The Morgan fingerprint density at radius 1 is 1.25 bits per heavy atom. The predicted octanol–water partition coefficient (Wildman–Crippen LogP) is 3.12. The number of rotatable bonds is 3. The van der Waals surface area contributed by atoms with Crippen LogP contribution in [0.4, 0.5) is 0 Å². The van der Waals surface area contributed by atoms with Crippen molar-refractivity contribution in [3.05, 3.63) is 35.9 Å². The second-order valence-electron chi connectivity index (χ2n) is 6.80. The lowest BCUT2D eigenvalue weighted by atomic mass is 9.87. The Morgan fingerprint density at radius 2 is 1.80 bits per heavy atom. The van der Waals surface area contributed by atoms with E-state index < -0.39 is 16.4 Å². The third-order valence-electron chi connectivity index (χ3n) is 4.51. The molecule has 0 unspecified atom stereocenters. The zero-order valence-corrected chi connectivity index (χ0v) is 12.8. The molecule has 0 spiro atoms. The van der Waals surface area contributed by atoms with Gasteiger partial charge >= 0.3 is 5.97 Å². The van der Waals surface area contributed by atoms with E-state index in [4.69, 9.17) is 4.74 Å². The normalized spacial score (nSPS) is 32.5. The maximum absolute atomic E-state index is 12.7. The fourth-order valence-electron chi connectivity index (χ4n) is 3.20. The van der Waals surface area contributed by atoms with E-state index in [1.807, 2.05) is 65.0 Å². The van der Waals surface area contributed by atoms with Crippen molar-refractivity contribution in [2.24, 2.45) is 11.3 Å². The molecular weight excluding hydrogens is 252 g/mol. The molecule has 0 heterocycles. The third-order valence-corrected chi connectivity index (χ3v) is 4.51. The molecule has 0 radical (unpaired) electrons. The van der Waals surface area contributed by atoms with Crippen LogP contribution in [-0.2, 0) is 19.7 Å². The summed E-state index contributed by atoms with van der Waals surface area (Å²) < 4.78 is 5.59. The molecule has 1 aromatic rings. The third kappa shape index (κ3) is 1.88. The Morgan fingerprint density at radius 3 is 2.20 bits per heavy atom. The van der Waals surface area contributed by atoms with Gasteiger partial charge < -0.3 is 9.53 Å². The summed E-state index contributed by atoms with van der Waals surface area (Å²) in [6.07, 6.45) is 0.897. The lowest BCUT2D eigenvalue weighted by molar-refractivity contribution is -0.160. The van der Waals surface area contributed by atoms with Crippen molar-refractivity contribution in [2.45, 2.75) is 45.6 Å². The van der Waals surface area contributed by atoms with Crippen LogP contribution in [0.1, 0.15) is 40.2 Å². The highest BCUT2D eigenvalue weighted by Crippen LogP contribution is 2.69. The van der Waals surface area contributed by atoms with Crippen LogP contribution in [0, 0.1) is 11.3 Å². The van der Waals surface area contributed by atoms with Crippen LogP contribution in [0.3, 0.4) is 0 Å². The molecule has 0 amide bonds. The van der Waals surface area contributed by atoms with Crippen molar-refractivity contribution >= 4 is 12.3 Å². The number of hydrogen-bond donors (Lipinski definition) is 0. The average molecular weight is 274 g/mol. The van der Waals surface area contributed by atoms with Gasteiger partial charge in [-0.2, -0.15) is 0 Å². The van der Waals surface area contributed by atoms with Crippen LogP contribution in [0.15, 0.2) is 30.3 Å². The molecule has 1 aliphatic carbocycles. The van der Waals surface area contributed by atoms with Crippen LogP contribution in [-0.4, -0.2) is 17.9 Å². The molecule has 1 fully saturated rings. The summed E-state index contributed by atoms with van der Waals surface area (Å²) >= 11 is 0. The highest BCUT2D eigenvalue weighted by atomic mass is 16.6. The van der Waals surface area contributed by atoms with Gasteiger partial charge in [-0.25, -0.2) is 0 Å². The van der Waals surface area contributed by atoms with E-state index in [-0.39, 0.29) is 11.9 Å². The van der Waals surface area contributed by atoms with E-state index in [1.165, 1.54) is 0 Å². The van der Waals surface area contributed by atoms with Gasteiger partial charge in [-0.05, 0) is 32.3 Å². The molecule has 3 nitrogen and oxygen atoms in total. The van der Waals surface area contributed by atoms with Gasteiger partial charge in [0.2, 0.25) is 0 Å². The van der Waals surface area contributed by atoms with E-state index in [0.717, 1.165) is 11.8 Å². The zero-order valence-electron chi connectivity index (χ0n) is 12.8. The minimum absolute atomic E-state index is 0.0650. The monoisotopic (exact) mass is 274 g/mol. The molecule has 0 aromatic heterocycles. The van der Waals surface area contributed by atoms with Gasteiger partial charge in [0.05, 0.1) is 0 Å². The number of esters is 1. The van der Waals surface area contributed by atoms with Crippen molar-refractivity contribution in [1.29, 1.82) is 0 Å². The van der Waals surface area contributed by atoms with Crippen LogP contribution in [0.25, 0.3) is 0 Å². The zero-order chi connectivity index (χ0) is 15.2. The Bertz CT molecular complexity index is 529. The van der Waals surface area contributed by atoms with Gasteiger partial charge in [0, 0.05) is 5.41 Å². The summed E-state index contributed by atoms with van der Waals surface area (Å²) in [6, 6.07) is 9.47. The molecule has 0 bridgehead atoms. The molecule has 1 aliphatic rings. The molecule has 1 saturated carbocycles. The molecule has 0 N–H and O–H groups in total. The first kappa shape index (κ1) is 14.8. The van der Waals surface area contributed by atoms with E-state index in [2.05, 4.69) is 0 Å². The van der Waals surface area contributed by atoms with Crippen molar-refractivity contribution < 1.29 is 14.3 Å². The average Bonchev–Trinajstić information content (AvgIpc) is 2.87. The van der Waals surface area contributed by atoms with Crippen molar-refractivity contribution in [3.63, 3.8) is 0 Å². The number of benzene rings is 1. The van der Waals surface area contributed by atoms with Gasteiger partial charge in [-0.3, -0.25) is 4.79 Å². The van der Waals surface area contributed by atoms with Gasteiger partial charge in [0.15, 0.2) is 0 Å². The number of ether oxygens (including phenoxy) is 1. The topological polar surface area (TPSA) is 43.4 Å². The Labute approximate surface area is 120 Å². The first-order valence-corrected chi connectivity index (χ1v) is 6.95. The van der Waals surface area contributed by atoms with Crippen LogP contribution in [0.5, 0.6) is 0 Å². The van der Waals surface area contributed by atoms with Crippen molar-refractivity contribution in [2.75, 3.05) is 0 Å². The quantitative estimate of drug-likeness (QED) is 0.628. The molecule has 3 heteroatoms. The maximum atomic E-state index is 12.7. The molecule has 0 aliphatic heterocycles. The predicted molar refractivity (Wildman–Crippen MR) is 77.3 cm³/mol. The Kier molecular flexibility index (Phi) is 3.28. The van der Waals surface area contributed by atoms with E-state index in [1.54, 1.807) is 0 Å². The smallest absolute Gasteiger partial charge is 0.318 e. The fraction of sp³-hybridized carbons (Fsp3) is 0.529. The molecule has 3 atom stereocenters. The number of aldehydes is 1. The lowest BCUT2D eigenvalue weighted by Gasteiger charge is -2.26. The minimum atomic E-state index is -0.858. The van der Waals surface area contributed by atoms with Gasteiger partial charge in [-0.1, -0.05) is 44.2 Å². The van der Waals surface area contributed by atoms with E-state index in [0.29, 0.717) is 0 Å². The van der Waals surface area contributed by atoms with Crippen molar-refractivity contribution in [3.8, 4) is 0 Å². The first-order valence-electron chi connectivity index (χ1n) is 6.95. The minimum Gasteiger partial charge on any atom is -0.459 e. The standard InChI is InChI=1S/C17H22O3/c1-12-16(5,11-18)17(12,13-9-7-6-8-10-13)14(19)20-15(2,3)4/h6-12H,1-5H3/t12-,16-,17-/m0/s1. The summed E-state index contributed by atoms with van der Waals surface area (Å²) in [5, 5.41) is 0. The summed E-state index contributed by atoms with van der Waals surface area (Å²) in [5.41, 5.74) is -1.26. The molecule has 1 aromatic carbocycles. The first-order chi connectivity index (χ1) is 9.20. The summed E-state index contributed by atoms with van der Waals surface area (Å²) in [4.78, 5) is 24.3.